The first-order valence-corrected chi connectivity index (χ1v) is 6.40. The summed E-state index contributed by atoms with van der Waals surface area (Å²) in [6.07, 6.45) is 0.736. The van der Waals surface area contributed by atoms with Crippen molar-refractivity contribution >= 4 is 9.84 Å². The van der Waals surface area contributed by atoms with Gasteiger partial charge in [-0.3, -0.25) is 0 Å². The average molecular weight is 209 g/mol. The number of rotatable bonds is 5. The van der Waals surface area contributed by atoms with Crippen molar-refractivity contribution in [2.45, 2.75) is 39.0 Å². The first-order chi connectivity index (χ1) is 5.72. The molecule has 3 unspecified atom stereocenters. The SMILES string of the molecule is CC(CS(C)(=O)=O)NC(C)C(C)O. The maximum Gasteiger partial charge on any atom is 0.148 e. The van der Waals surface area contributed by atoms with Gasteiger partial charge >= 0.3 is 0 Å². The van der Waals surface area contributed by atoms with Gasteiger partial charge in [-0.1, -0.05) is 0 Å². The molecule has 80 valence electrons. The van der Waals surface area contributed by atoms with Crippen LogP contribution in [-0.2, 0) is 9.84 Å². The van der Waals surface area contributed by atoms with Crippen molar-refractivity contribution < 1.29 is 13.5 Å². The van der Waals surface area contributed by atoms with Crippen LogP contribution in [0.1, 0.15) is 20.8 Å². The second-order valence-electron chi connectivity index (χ2n) is 3.69. The van der Waals surface area contributed by atoms with Gasteiger partial charge in [0.2, 0.25) is 0 Å². The summed E-state index contributed by atoms with van der Waals surface area (Å²) in [6, 6.07) is -0.212. The third-order valence-corrected chi connectivity index (χ3v) is 2.93. The van der Waals surface area contributed by atoms with Gasteiger partial charge in [-0.05, 0) is 20.8 Å². The van der Waals surface area contributed by atoms with Crippen molar-refractivity contribution in [2.75, 3.05) is 12.0 Å². The van der Waals surface area contributed by atoms with Crippen LogP contribution in [0.3, 0.4) is 0 Å². The molecule has 0 saturated carbocycles. The van der Waals surface area contributed by atoms with Crippen LogP contribution in [0.4, 0.5) is 0 Å². The van der Waals surface area contributed by atoms with E-state index >= 15 is 0 Å². The zero-order valence-electron chi connectivity index (χ0n) is 8.61. The van der Waals surface area contributed by atoms with Crippen molar-refractivity contribution in [1.82, 2.24) is 5.32 Å². The topological polar surface area (TPSA) is 66.4 Å². The van der Waals surface area contributed by atoms with Crippen molar-refractivity contribution in [1.29, 1.82) is 0 Å². The molecule has 0 aromatic heterocycles. The van der Waals surface area contributed by atoms with Crippen LogP contribution < -0.4 is 5.32 Å². The summed E-state index contributed by atoms with van der Waals surface area (Å²) in [7, 11) is -2.94. The van der Waals surface area contributed by atoms with Crippen molar-refractivity contribution in [3.63, 3.8) is 0 Å². The zero-order chi connectivity index (χ0) is 10.6. The number of aliphatic hydroxyl groups excluding tert-OH is 1. The summed E-state index contributed by atoms with van der Waals surface area (Å²) >= 11 is 0. The normalized spacial score (nSPS) is 19.5. The summed E-state index contributed by atoms with van der Waals surface area (Å²) in [4.78, 5) is 0. The molecule has 0 amide bonds. The van der Waals surface area contributed by atoms with E-state index in [9.17, 15) is 8.42 Å². The Morgan fingerprint density at radius 1 is 1.31 bits per heavy atom. The van der Waals surface area contributed by atoms with E-state index in [1.807, 2.05) is 6.92 Å². The number of hydrogen-bond donors (Lipinski definition) is 2. The van der Waals surface area contributed by atoms with Gasteiger partial charge in [0.15, 0.2) is 0 Å². The summed E-state index contributed by atoms with van der Waals surface area (Å²) < 4.78 is 21.8. The number of aliphatic hydroxyl groups is 1. The molecule has 0 saturated heterocycles. The molecule has 0 aromatic rings. The number of nitrogens with one attached hydrogen (secondary N) is 1. The molecule has 0 radical (unpaired) electrons. The van der Waals surface area contributed by atoms with Crippen molar-refractivity contribution in [2.24, 2.45) is 0 Å². The molecule has 5 heteroatoms. The molecular formula is C8H19NO3S. The zero-order valence-corrected chi connectivity index (χ0v) is 9.43. The Morgan fingerprint density at radius 3 is 2.08 bits per heavy atom. The minimum atomic E-state index is -2.94. The van der Waals surface area contributed by atoms with Crippen LogP contribution in [-0.4, -0.2) is 43.7 Å². The first-order valence-electron chi connectivity index (χ1n) is 4.34. The van der Waals surface area contributed by atoms with Crippen molar-refractivity contribution in [3.8, 4) is 0 Å². The molecule has 2 N–H and O–H groups in total. The van der Waals surface area contributed by atoms with Crippen LogP contribution >= 0.6 is 0 Å². The fourth-order valence-electron chi connectivity index (χ4n) is 1.09. The van der Waals surface area contributed by atoms with Gasteiger partial charge in [-0.15, -0.1) is 0 Å². The highest BCUT2D eigenvalue weighted by atomic mass is 32.2. The Morgan fingerprint density at radius 2 is 1.77 bits per heavy atom. The fourth-order valence-corrected chi connectivity index (χ4v) is 2.09. The maximum absolute atomic E-state index is 10.9. The smallest absolute Gasteiger partial charge is 0.148 e. The third kappa shape index (κ3) is 6.98. The second-order valence-corrected chi connectivity index (χ2v) is 5.87. The summed E-state index contributed by atoms with van der Waals surface area (Å²) in [5, 5.41) is 12.2. The molecule has 0 aliphatic rings. The molecule has 13 heavy (non-hydrogen) atoms. The van der Waals surface area contributed by atoms with E-state index in [4.69, 9.17) is 5.11 Å². The molecule has 0 fully saturated rings. The lowest BCUT2D eigenvalue weighted by molar-refractivity contribution is 0.148. The Bertz CT molecular complexity index is 236. The van der Waals surface area contributed by atoms with Crippen LogP contribution in [0.5, 0.6) is 0 Å². The molecule has 3 atom stereocenters. The lowest BCUT2D eigenvalue weighted by atomic mass is 10.2. The van der Waals surface area contributed by atoms with Gasteiger partial charge in [0.25, 0.3) is 0 Å². The molecular weight excluding hydrogens is 190 g/mol. The van der Waals surface area contributed by atoms with E-state index in [0.717, 1.165) is 0 Å². The van der Waals surface area contributed by atoms with E-state index in [0.29, 0.717) is 0 Å². The highest BCUT2D eigenvalue weighted by Gasteiger charge is 2.15. The molecule has 0 bridgehead atoms. The lowest BCUT2D eigenvalue weighted by Crippen LogP contribution is -2.43. The van der Waals surface area contributed by atoms with Crippen LogP contribution in [0, 0.1) is 0 Å². The van der Waals surface area contributed by atoms with Gasteiger partial charge in [-0.25, -0.2) is 8.42 Å². The quantitative estimate of drug-likeness (QED) is 0.657. The largest absolute Gasteiger partial charge is 0.392 e. The standard InChI is InChI=1S/C8H19NO3S/c1-6(5-13(4,11)12)9-7(2)8(3)10/h6-10H,5H2,1-4H3. The molecule has 0 aliphatic heterocycles. The van der Waals surface area contributed by atoms with Gasteiger partial charge in [0, 0.05) is 18.3 Å². The summed E-state index contributed by atoms with van der Waals surface area (Å²) in [6.45, 7) is 5.29. The number of sulfone groups is 1. The fraction of sp³-hybridized carbons (Fsp3) is 1.00. The van der Waals surface area contributed by atoms with E-state index in [2.05, 4.69) is 5.32 Å². The Kier molecular flexibility index (Phi) is 4.88. The molecule has 0 rings (SSSR count). The lowest BCUT2D eigenvalue weighted by Gasteiger charge is -2.21. The van der Waals surface area contributed by atoms with Crippen LogP contribution in [0.25, 0.3) is 0 Å². The molecule has 0 heterocycles. The van der Waals surface area contributed by atoms with Gasteiger partial charge in [0.1, 0.15) is 9.84 Å². The van der Waals surface area contributed by atoms with Crippen molar-refractivity contribution in [3.05, 3.63) is 0 Å². The Balaban J connectivity index is 3.95. The molecule has 4 nitrogen and oxygen atoms in total. The van der Waals surface area contributed by atoms with Crippen LogP contribution in [0.15, 0.2) is 0 Å². The van der Waals surface area contributed by atoms with Gasteiger partial charge in [-0.2, -0.15) is 0 Å². The Labute approximate surface area is 80.3 Å². The average Bonchev–Trinajstić information content (AvgIpc) is 1.81. The monoisotopic (exact) mass is 209 g/mol. The predicted molar refractivity (Wildman–Crippen MR) is 53.5 cm³/mol. The highest BCUT2D eigenvalue weighted by Crippen LogP contribution is 1.96. The summed E-state index contributed by atoms with van der Waals surface area (Å²) in [5.74, 6) is 0.101. The van der Waals surface area contributed by atoms with E-state index in [1.165, 1.54) is 6.26 Å². The highest BCUT2D eigenvalue weighted by molar-refractivity contribution is 7.90. The third-order valence-electron chi connectivity index (χ3n) is 1.82. The van der Waals surface area contributed by atoms with E-state index < -0.39 is 15.9 Å². The minimum Gasteiger partial charge on any atom is -0.392 e. The number of hydrogen-bond acceptors (Lipinski definition) is 4. The summed E-state index contributed by atoms with van der Waals surface area (Å²) in [5.41, 5.74) is 0. The second kappa shape index (κ2) is 4.93. The van der Waals surface area contributed by atoms with E-state index in [-0.39, 0.29) is 17.8 Å². The first kappa shape index (κ1) is 12.9. The molecule has 0 spiro atoms. The van der Waals surface area contributed by atoms with Gasteiger partial charge < -0.3 is 10.4 Å². The predicted octanol–water partition coefficient (Wildman–Crippen LogP) is -0.222. The minimum absolute atomic E-state index is 0.0863. The van der Waals surface area contributed by atoms with E-state index in [1.54, 1.807) is 13.8 Å². The Hall–Kier alpha value is -0.130. The van der Waals surface area contributed by atoms with Gasteiger partial charge in [0.05, 0.1) is 11.9 Å². The maximum atomic E-state index is 10.9. The van der Waals surface area contributed by atoms with Crippen LogP contribution in [0.2, 0.25) is 0 Å². The molecule has 0 aliphatic carbocycles. The molecule has 0 aromatic carbocycles.